The van der Waals surface area contributed by atoms with Gasteiger partial charge < -0.3 is 19.9 Å². The summed E-state index contributed by atoms with van der Waals surface area (Å²) in [6.45, 7) is 0.918. The summed E-state index contributed by atoms with van der Waals surface area (Å²) in [6.07, 6.45) is 4.88. The SMILES string of the molecule is CN(Cc1nccn1C)C(=O)NCCCCC(=O)O. The maximum absolute atomic E-state index is 11.7. The molecule has 2 N–H and O–H groups in total. The first-order chi connectivity index (χ1) is 9.00. The van der Waals surface area contributed by atoms with Gasteiger partial charge in [0.2, 0.25) is 0 Å². The van der Waals surface area contributed by atoms with E-state index in [0.717, 1.165) is 5.82 Å². The van der Waals surface area contributed by atoms with Crippen LogP contribution in [0.1, 0.15) is 25.1 Å². The largest absolute Gasteiger partial charge is 0.481 e. The van der Waals surface area contributed by atoms with Crippen molar-refractivity contribution in [3.8, 4) is 0 Å². The molecule has 1 rings (SSSR count). The lowest BCUT2D eigenvalue weighted by Crippen LogP contribution is -2.37. The van der Waals surface area contributed by atoms with Crippen molar-refractivity contribution in [1.82, 2.24) is 19.8 Å². The number of imidazole rings is 1. The van der Waals surface area contributed by atoms with Crippen LogP contribution in [0.15, 0.2) is 12.4 Å². The highest BCUT2D eigenvalue weighted by Crippen LogP contribution is 2.00. The number of aryl methyl sites for hydroxylation is 1. The summed E-state index contributed by atoms with van der Waals surface area (Å²) in [5.74, 6) is 0.00162. The number of carbonyl (C=O) groups excluding carboxylic acids is 1. The number of urea groups is 1. The van der Waals surface area contributed by atoms with Gasteiger partial charge in [-0.3, -0.25) is 4.79 Å². The fraction of sp³-hybridized carbons (Fsp3) is 0.583. The van der Waals surface area contributed by atoms with Gasteiger partial charge in [-0.1, -0.05) is 0 Å². The van der Waals surface area contributed by atoms with Crippen LogP contribution in [-0.4, -0.2) is 45.2 Å². The zero-order valence-electron chi connectivity index (χ0n) is 11.3. The van der Waals surface area contributed by atoms with E-state index in [1.165, 1.54) is 0 Å². The molecule has 7 nitrogen and oxygen atoms in total. The van der Waals surface area contributed by atoms with Gasteiger partial charge in [0, 0.05) is 39.5 Å². The second kappa shape index (κ2) is 7.40. The number of aliphatic carboxylic acids is 1. The van der Waals surface area contributed by atoms with Crippen molar-refractivity contribution in [3.05, 3.63) is 18.2 Å². The first-order valence-electron chi connectivity index (χ1n) is 6.17. The number of nitrogens with one attached hydrogen (secondary N) is 1. The maximum Gasteiger partial charge on any atom is 0.317 e. The molecule has 1 heterocycles. The van der Waals surface area contributed by atoms with Crippen molar-refractivity contribution in [2.45, 2.75) is 25.8 Å². The number of unbranched alkanes of at least 4 members (excludes halogenated alkanes) is 1. The number of nitrogens with zero attached hydrogens (tertiary/aromatic N) is 3. The molecule has 0 aliphatic rings. The number of carboxylic acid groups (broad SMARTS) is 1. The monoisotopic (exact) mass is 268 g/mol. The fourth-order valence-corrected chi connectivity index (χ4v) is 1.56. The zero-order chi connectivity index (χ0) is 14.3. The van der Waals surface area contributed by atoms with E-state index in [2.05, 4.69) is 10.3 Å². The molecule has 0 fully saturated rings. The van der Waals surface area contributed by atoms with Crippen LogP contribution in [-0.2, 0) is 18.4 Å². The summed E-state index contributed by atoms with van der Waals surface area (Å²) in [5.41, 5.74) is 0. The summed E-state index contributed by atoms with van der Waals surface area (Å²) in [4.78, 5) is 27.7. The van der Waals surface area contributed by atoms with Crippen molar-refractivity contribution in [1.29, 1.82) is 0 Å². The van der Waals surface area contributed by atoms with Gasteiger partial charge in [0.15, 0.2) is 0 Å². The minimum atomic E-state index is -0.807. The number of carboxylic acids is 1. The summed E-state index contributed by atoms with van der Waals surface area (Å²) in [5, 5.41) is 11.2. The van der Waals surface area contributed by atoms with Crippen molar-refractivity contribution < 1.29 is 14.7 Å². The minimum Gasteiger partial charge on any atom is -0.481 e. The van der Waals surface area contributed by atoms with E-state index in [9.17, 15) is 9.59 Å². The first kappa shape index (κ1) is 15.0. The number of hydrogen-bond donors (Lipinski definition) is 2. The Morgan fingerprint density at radius 2 is 2.21 bits per heavy atom. The topological polar surface area (TPSA) is 87.5 Å². The van der Waals surface area contributed by atoms with Gasteiger partial charge in [0.05, 0.1) is 6.54 Å². The average Bonchev–Trinajstić information content (AvgIpc) is 2.74. The Balaban J connectivity index is 2.22. The molecule has 0 saturated heterocycles. The maximum atomic E-state index is 11.7. The lowest BCUT2D eigenvalue weighted by atomic mass is 10.2. The number of amides is 2. The molecule has 1 aromatic rings. The number of rotatable bonds is 7. The van der Waals surface area contributed by atoms with E-state index in [1.54, 1.807) is 18.1 Å². The van der Waals surface area contributed by atoms with Crippen LogP contribution >= 0.6 is 0 Å². The van der Waals surface area contributed by atoms with Gasteiger partial charge >= 0.3 is 12.0 Å². The van der Waals surface area contributed by atoms with Crippen molar-refractivity contribution in [2.75, 3.05) is 13.6 Å². The lowest BCUT2D eigenvalue weighted by Gasteiger charge is -2.17. The average molecular weight is 268 g/mol. The Morgan fingerprint density at radius 3 is 2.79 bits per heavy atom. The smallest absolute Gasteiger partial charge is 0.317 e. The highest BCUT2D eigenvalue weighted by molar-refractivity contribution is 5.73. The van der Waals surface area contributed by atoms with E-state index in [0.29, 0.717) is 25.9 Å². The molecular formula is C12H20N4O3. The Hall–Kier alpha value is -2.05. The normalized spacial score (nSPS) is 10.2. The summed E-state index contributed by atoms with van der Waals surface area (Å²) >= 11 is 0. The van der Waals surface area contributed by atoms with Crippen LogP contribution in [0, 0.1) is 0 Å². The third-order valence-electron chi connectivity index (χ3n) is 2.74. The van der Waals surface area contributed by atoms with Crippen LogP contribution < -0.4 is 5.32 Å². The van der Waals surface area contributed by atoms with Gasteiger partial charge in [-0.15, -0.1) is 0 Å². The summed E-state index contributed by atoms with van der Waals surface area (Å²) in [6, 6.07) is -0.182. The quantitative estimate of drug-likeness (QED) is 0.717. The summed E-state index contributed by atoms with van der Waals surface area (Å²) in [7, 11) is 3.57. The fourth-order valence-electron chi connectivity index (χ4n) is 1.56. The molecule has 0 spiro atoms. The van der Waals surface area contributed by atoms with Gasteiger partial charge in [-0.2, -0.15) is 0 Å². The predicted octanol–water partition coefficient (Wildman–Crippen LogP) is 0.816. The van der Waals surface area contributed by atoms with E-state index >= 15 is 0 Å². The Kier molecular flexibility index (Phi) is 5.84. The molecule has 0 radical (unpaired) electrons. The second-order valence-electron chi connectivity index (χ2n) is 4.39. The van der Waals surface area contributed by atoms with Crippen LogP contribution in [0.4, 0.5) is 4.79 Å². The van der Waals surface area contributed by atoms with E-state index in [4.69, 9.17) is 5.11 Å². The van der Waals surface area contributed by atoms with Gasteiger partial charge in [0.1, 0.15) is 5.82 Å². The second-order valence-corrected chi connectivity index (χ2v) is 4.39. The van der Waals surface area contributed by atoms with Crippen molar-refractivity contribution in [3.63, 3.8) is 0 Å². The Morgan fingerprint density at radius 1 is 1.47 bits per heavy atom. The van der Waals surface area contributed by atoms with Gasteiger partial charge in [-0.25, -0.2) is 9.78 Å². The van der Waals surface area contributed by atoms with Gasteiger partial charge in [0.25, 0.3) is 0 Å². The molecular weight excluding hydrogens is 248 g/mol. The Labute approximate surface area is 112 Å². The lowest BCUT2D eigenvalue weighted by molar-refractivity contribution is -0.137. The van der Waals surface area contributed by atoms with E-state index in [1.807, 2.05) is 17.8 Å². The Bertz CT molecular complexity index is 430. The van der Waals surface area contributed by atoms with Crippen LogP contribution in [0.2, 0.25) is 0 Å². The van der Waals surface area contributed by atoms with Crippen LogP contribution in [0.3, 0.4) is 0 Å². The molecule has 0 bridgehead atoms. The van der Waals surface area contributed by atoms with Crippen molar-refractivity contribution in [2.24, 2.45) is 7.05 Å². The molecule has 106 valence electrons. The highest BCUT2D eigenvalue weighted by Gasteiger charge is 2.10. The molecule has 0 aliphatic heterocycles. The standard InChI is InChI=1S/C12H20N4O3/c1-15-8-7-13-10(15)9-16(2)12(19)14-6-4-3-5-11(17)18/h7-8H,3-6,9H2,1-2H3,(H,14,19)(H,17,18). The molecule has 0 saturated carbocycles. The third kappa shape index (κ3) is 5.41. The van der Waals surface area contributed by atoms with Crippen LogP contribution in [0.25, 0.3) is 0 Å². The number of aromatic nitrogens is 2. The molecule has 0 unspecified atom stereocenters. The molecule has 0 atom stereocenters. The molecule has 2 amide bonds. The summed E-state index contributed by atoms with van der Waals surface area (Å²) < 4.78 is 1.86. The first-order valence-corrected chi connectivity index (χ1v) is 6.17. The molecule has 0 aromatic carbocycles. The molecule has 0 aliphatic carbocycles. The van der Waals surface area contributed by atoms with E-state index < -0.39 is 5.97 Å². The molecule has 1 aromatic heterocycles. The van der Waals surface area contributed by atoms with Crippen molar-refractivity contribution >= 4 is 12.0 Å². The van der Waals surface area contributed by atoms with E-state index in [-0.39, 0.29) is 12.5 Å². The minimum absolute atomic E-state index is 0.138. The molecule has 7 heteroatoms. The number of hydrogen-bond acceptors (Lipinski definition) is 3. The zero-order valence-corrected chi connectivity index (χ0v) is 11.3. The van der Waals surface area contributed by atoms with Gasteiger partial charge in [-0.05, 0) is 12.8 Å². The van der Waals surface area contributed by atoms with Crippen LogP contribution in [0.5, 0.6) is 0 Å². The highest BCUT2D eigenvalue weighted by atomic mass is 16.4. The third-order valence-corrected chi connectivity index (χ3v) is 2.74. The number of carbonyl (C=O) groups is 2. The molecule has 19 heavy (non-hydrogen) atoms. The predicted molar refractivity (Wildman–Crippen MR) is 69.6 cm³/mol.